The summed E-state index contributed by atoms with van der Waals surface area (Å²) in [7, 11) is 0. The molecule has 0 bridgehead atoms. The average Bonchev–Trinajstić information content (AvgIpc) is 2.16. The van der Waals surface area contributed by atoms with Crippen LogP contribution in [0.25, 0.3) is 0 Å². The van der Waals surface area contributed by atoms with Gasteiger partial charge in [-0.15, -0.1) is 0 Å². The number of rotatable bonds is 6. The SMILES string of the molecule is CC(C)CCCC(C)Nc1cncc(N)n1. The van der Waals surface area contributed by atoms with E-state index in [1.54, 1.807) is 12.4 Å². The summed E-state index contributed by atoms with van der Waals surface area (Å²) < 4.78 is 0. The molecule has 0 aliphatic rings. The third kappa shape index (κ3) is 4.96. The summed E-state index contributed by atoms with van der Waals surface area (Å²) in [6.45, 7) is 6.66. The third-order valence-electron chi connectivity index (χ3n) is 2.47. The molecule has 0 fully saturated rings. The van der Waals surface area contributed by atoms with Crippen LogP contribution in [-0.4, -0.2) is 16.0 Å². The molecule has 0 saturated carbocycles. The van der Waals surface area contributed by atoms with Gasteiger partial charge in [0.25, 0.3) is 0 Å². The summed E-state index contributed by atoms with van der Waals surface area (Å²) >= 11 is 0. The van der Waals surface area contributed by atoms with Crippen LogP contribution in [0, 0.1) is 5.92 Å². The van der Waals surface area contributed by atoms with Crippen LogP contribution in [0.2, 0.25) is 0 Å². The summed E-state index contributed by atoms with van der Waals surface area (Å²) in [6, 6.07) is 0.412. The highest BCUT2D eigenvalue weighted by molar-refractivity contribution is 5.38. The average molecular weight is 222 g/mol. The van der Waals surface area contributed by atoms with Crippen molar-refractivity contribution in [1.82, 2.24) is 9.97 Å². The lowest BCUT2D eigenvalue weighted by Crippen LogP contribution is -2.16. The molecule has 1 aromatic heterocycles. The van der Waals surface area contributed by atoms with Gasteiger partial charge in [0.1, 0.15) is 11.6 Å². The largest absolute Gasteiger partial charge is 0.382 e. The number of nitrogens with two attached hydrogens (primary N) is 1. The maximum atomic E-state index is 5.56. The molecule has 4 heteroatoms. The number of anilines is 2. The molecule has 0 amide bonds. The van der Waals surface area contributed by atoms with Crippen LogP contribution in [0.4, 0.5) is 11.6 Å². The van der Waals surface area contributed by atoms with Crippen LogP contribution in [0.5, 0.6) is 0 Å². The van der Waals surface area contributed by atoms with Crippen LogP contribution >= 0.6 is 0 Å². The fraction of sp³-hybridized carbons (Fsp3) is 0.667. The Labute approximate surface area is 97.7 Å². The van der Waals surface area contributed by atoms with Crippen molar-refractivity contribution in [1.29, 1.82) is 0 Å². The minimum atomic E-state index is 0.412. The van der Waals surface area contributed by atoms with Gasteiger partial charge in [-0.25, -0.2) is 4.98 Å². The monoisotopic (exact) mass is 222 g/mol. The van der Waals surface area contributed by atoms with Gasteiger partial charge in [-0.1, -0.05) is 26.7 Å². The van der Waals surface area contributed by atoms with Crippen molar-refractivity contribution in [2.24, 2.45) is 5.92 Å². The van der Waals surface area contributed by atoms with Crippen molar-refractivity contribution in [2.75, 3.05) is 11.1 Å². The Morgan fingerprint density at radius 2 is 2.00 bits per heavy atom. The molecule has 1 rings (SSSR count). The number of hydrogen-bond donors (Lipinski definition) is 2. The zero-order valence-corrected chi connectivity index (χ0v) is 10.4. The second-order valence-corrected chi connectivity index (χ2v) is 4.70. The van der Waals surface area contributed by atoms with Gasteiger partial charge in [0.2, 0.25) is 0 Å². The summed E-state index contributed by atoms with van der Waals surface area (Å²) in [5, 5.41) is 3.30. The highest BCUT2D eigenvalue weighted by atomic mass is 15.1. The van der Waals surface area contributed by atoms with Gasteiger partial charge in [0.15, 0.2) is 0 Å². The number of hydrogen-bond acceptors (Lipinski definition) is 4. The molecule has 0 spiro atoms. The Hall–Kier alpha value is -1.32. The fourth-order valence-corrected chi connectivity index (χ4v) is 1.61. The van der Waals surface area contributed by atoms with Crippen LogP contribution in [0.3, 0.4) is 0 Å². The lowest BCUT2D eigenvalue weighted by molar-refractivity contribution is 0.520. The standard InChI is InChI=1S/C12H22N4/c1-9(2)5-4-6-10(3)15-12-8-14-7-11(13)16-12/h7-10H,4-6H2,1-3H3,(H3,13,15,16). The van der Waals surface area contributed by atoms with E-state index in [9.17, 15) is 0 Å². The Morgan fingerprint density at radius 3 is 2.62 bits per heavy atom. The molecule has 1 heterocycles. The molecule has 4 nitrogen and oxygen atoms in total. The van der Waals surface area contributed by atoms with Crippen LogP contribution in [-0.2, 0) is 0 Å². The van der Waals surface area contributed by atoms with E-state index in [1.807, 2.05) is 0 Å². The number of nitrogens with zero attached hydrogens (tertiary/aromatic N) is 2. The van der Waals surface area contributed by atoms with Crippen molar-refractivity contribution >= 4 is 11.6 Å². The predicted molar refractivity (Wildman–Crippen MR) is 68.2 cm³/mol. The Bertz CT molecular complexity index is 312. The molecule has 0 aromatic carbocycles. The van der Waals surface area contributed by atoms with E-state index in [2.05, 4.69) is 36.1 Å². The van der Waals surface area contributed by atoms with Gasteiger partial charge in [0, 0.05) is 6.04 Å². The van der Waals surface area contributed by atoms with E-state index in [1.165, 1.54) is 12.8 Å². The predicted octanol–water partition coefficient (Wildman–Crippen LogP) is 2.69. The van der Waals surface area contributed by atoms with Gasteiger partial charge >= 0.3 is 0 Å². The highest BCUT2D eigenvalue weighted by Gasteiger charge is 2.04. The quantitative estimate of drug-likeness (QED) is 0.776. The van der Waals surface area contributed by atoms with Gasteiger partial charge in [-0.3, -0.25) is 4.98 Å². The van der Waals surface area contributed by atoms with E-state index in [0.29, 0.717) is 11.9 Å². The van der Waals surface area contributed by atoms with E-state index in [0.717, 1.165) is 18.2 Å². The molecule has 1 unspecified atom stereocenters. The molecule has 1 aromatic rings. The minimum absolute atomic E-state index is 0.412. The lowest BCUT2D eigenvalue weighted by Gasteiger charge is -2.14. The van der Waals surface area contributed by atoms with Crippen molar-refractivity contribution in [2.45, 2.75) is 46.1 Å². The summed E-state index contributed by atoms with van der Waals surface area (Å²) in [5.74, 6) is 2.00. The van der Waals surface area contributed by atoms with Crippen molar-refractivity contribution < 1.29 is 0 Å². The maximum Gasteiger partial charge on any atom is 0.147 e. The fourth-order valence-electron chi connectivity index (χ4n) is 1.61. The lowest BCUT2D eigenvalue weighted by atomic mass is 10.0. The Kier molecular flexibility index (Phi) is 5.02. The summed E-state index contributed by atoms with van der Waals surface area (Å²) in [5.41, 5.74) is 5.56. The second-order valence-electron chi connectivity index (χ2n) is 4.70. The molecule has 16 heavy (non-hydrogen) atoms. The normalized spacial score (nSPS) is 12.8. The third-order valence-corrected chi connectivity index (χ3v) is 2.47. The van der Waals surface area contributed by atoms with Crippen molar-refractivity contribution in [3.8, 4) is 0 Å². The Balaban J connectivity index is 2.31. The molecule has 0 aliphatic heterocycles. The van der Waals surface area contributed by atoms with Crippen molar-refractivity contribution in [3.05, 3.63) is 12.4 Å². The summed E-state index contributed by atoms with van der Waals surface area (Å²) in [6.07, 6.45) is 6.91. The van der Waals surface area contributed by atoms with Gasteiger partial charge in [-0.05, 0) is 19.3 Å². The zero-order valence-electron chi connectivity index (χ0n) is 10.4. The van der Waals surface area contributed by atoms with Gasteiger partial charge in [-0.2, -0.15) is 0 Å². The summed E-state index contributed by atoms with van der Waals surface area (Å²) in [4.78, 5) is 8.16. The first-order chi connectivity index (χ1) is 7.58. The van der Waals surface area contributed by atoms with E-state index >= 15 is 0 Å². The number of aromatic nitrogens is 2. The van der Waals surface area contributed by atoms with Gasteiger partial charge < -0.3 is 11.1 Å². The Morgan fingerprint density at radius 1 is 1.25 bits per heavy atom. The zero-order chi connectivity index (χ0) is 12.0. The molecule has 0 radical (unpaired) electrons. The molecule has 0 aliphatic carbocycles. The topological polar surface area (TPSA) is 63.8 Å². The molecule has 0 saturated heterocycles. The number of nitrogens with one attached hydrogen (secondary N) is 1. The first-order valence-corrected chi connectivity index (χ1v) is 5.92. The highest BCUT2D eigenvalue weighted by Crippen LogP contribution is 2.11. The van der Waals surface area contributed by atoms with Crippen LogP contribution < -0.4 is 11.1 Å². The molecule has 90 valence electrons. The van der Waals surface area contributed by atoms with Crippen molar-refractivity contribution in [3.63, 3.8) is 0 Å². The molecule has 1 atom stereocenters. The molecule has 3 N–H and O–H groups in total. The van der Waals surface area contributed by atoms with E-state index in [4.69, 9.17) is 5.73 Å². The smallest absolute Gasteiger partial charge is 0.147 e. The van der Waals surface area contributed by atoms with Gasteiger partial charge in [0.05, 0.1) is 12.4 Å². The second kappa shape index (κ2) is 6.30. The first-order valence-electron chi connectivity index (χ1n) is 5.92. The van der Waals surface area contributed by atoms with Crippen LogP contribution in [0.15, 0.2) is 12.4 Å². The molecular formula is C12H22N4. The number of nitrogen functional groups attached to an aromatic ring is 1. The molecular weight excluding hydrogens is 200 g/mol. The first kappa shape index (κ1) is 12.7. The van der Waals surface area contributed by atoms with E-state index < -0.39 is 0 Å². The minimum Gasteiger partial charge on any atom is -0.382 e. The van der Waals surface area contributed by atoms with E-state index in [-0.39, 0.29) is 0 Å². The van der Waals surface area contributed by atoms with Crippen LogP contribution in [0.1, 0.15) is 40.0 Å². The maximum absolute atomic E-state index is 5.56.